The Kier molecular flexibility index (Phi) is 4.58. The highest BCUT2D eigenvalue weighted by Gasteiger charge is 2.20. The van der Waals surface area contributed by atoms with Crippen molar-refractivity contribution in [1.82, 2.24) is 14.5 Å². The van der Waals surface area contributed by atoms with Gasteiger partial charge in [0.1, 0.15) is 11.6 Å². The molecule has 0 saturated carbocycles. The molecule has 1 aromatic carbocycles. The summed E-state index contributed by atoms with van der Waals surface area (Å²) in [5.74, 6) is 0.844. The Morgan fingerprint density at radius 3 is 2.96 bits per heavy atom. The average Bonchev–Trinajstić information content (AvgIpc) is 3.17. The molecule has 0 radical (unpaired) electrons. The van der Waals surface area contributed by atoms with Gasteiger partial charge in [-0.05, 0) is 25.1 Å². The predicted octanol–water partition coefficient (Wildman–Crippen LogP) is 3.01. The lowest BCUT2D eigenvalue weighted by molar-refractivity contribution is 0.356. The van der Waals surface area contributed by atoms with Crippen LogP contribution in [0.4, 0.5) is 10.3 Å². The zero-order chi connectivity index (χ0) is 18.8. The third kappa shape index (κ3) is 3.16. The van der Waals surface area contributed by atoms with Gasteiger partial charge in [-0.1, -0.05) is 6.07 Å². The summed E-state index contributed by atoms with van der Waals surface area (Å²) in [6.45, 7) is 3.11. The van der Waals surface area contributed by atoms with Crippen molar-refractivity contribution in [3.05, 3.63) is 70.2 Å². The maximum Gasteiger partial charge on any atom is 0.262 e. The highest BCUT2D eigenvalue weighted by atomic mass is 19.1. The van der Waals surface area contributed by atoms with Crippen LogP contribution in [-0.4, -0.2) is 21.1 Å². The summed E-state index contributed by atoms with van der Waals surface area (Å²) in [6, 6.07) is 6.66. The third-order valence-corrected chi connectivity index (χ3v) is 4.70. The molecule has 27 heavy (non-hydrogen) atoms. The lowest BCUT2D eigenvalue weighted by atomic mass is 10.0. The van der Waals surface area contributed by atoms with Crippen molar-refractivity contribution in [2.75, 3.05) is 11.9 Å². The Hall–Kier alpha value is -3.22. The Morgan fingerprint density at radius 2 is 2.19 bits per heavy atom. The first-order chi connectivity index (χ1) is 13.2. The van der Waals surface area contributed by atoms with Crippen LogP contribution in [0.1, 0.15) is 18.1 Å². The molecule has 0 atom stereocenters. The highest BCUT2D eigenvalue weighted by Crippen LogP contribution is 2.30. The van der Waals surface area contributed by atoms with E-state index in [2.05, 4.69) is 15.3 Å². The van der Waals surface area contributed by atoms with E-state index in [1.807, 2.05) is 13.0 Å². The molecule has 0 bridgehead atoms. The van der Waals surface area contributed by atoms with E-state index in [1.54, 1.807) is 29.1 Å². The zero-order valence-corrected chi connectivity index (χ0v) is 14.9. The van der Waals surface area contributed by atoms with Crippen LogP contribution < -0.4 is 15.6 Å². The summed E-state index contributed by atoms with van der Waals surface area (Å²) in [7, 11) is 0. The fourth-order valence-electron chi connectivity index (χ4n) is 3.32. The fourth-order valence-corrected chi connectivity index (χ4v) is 3.32. The van der Waals surface area contributed by atoms with Crippen LogP contribution in [0.25, 0.3) is 11.1 Å². The number of hydrogen-bond donors (Lipinski definition) is 1. The summed E-state index contributed by atoms with van der Waals surface area (Å²) in [6.07, 6.45) is 5.50. The first kappa shape index (κ1) is 17.2. The number of nitrogens with one attached hydrogen (secondary N) is 1. The van der Waals surface area contributed by atoms with E-state index < -0.39 is 0 Å². The van der Waals surface area contributed by atoms with Crippen molar-refractivity contribution in [3.8, 4) is 16.9 Å². The number of halogens is 1. The van der Waals surface area contributed by atoms with E-state index in [9.17, 15) is 9.18 Å². The van der Waals surface area contributed by atoms with Crippen LogP contribution in [0.5, 0.6) is 5.75 Å². The minimum Gasteiger partial charge on any atom is -0.493 e. The molecule has 3 heterocycles. The summed E-state index contributed by atoms with van der Waals surface area (Å²) < 4.78 is 21.3. The molecule has 0 amide bonds. The minimum absolute atomic E-state index is 0.162. The van der Waals surface area contributed by atoms with Crippen LogP contribution in [0.15, 0.2) is 47.7 Å². The molecule has 6 nitrogen and oxygen atoms in total. The second kappa shape index (κ2) is 7.19. The van der Waals surface area contributed by atoms with Gasteiger partial charge >= 0.3 is 0 Å². The van der Waals surface area contributed by atoms with Crippen LogP contribution in [-0.2, 0) is 19.5 Å². The lowest BCUT2D eigenvalue weighted by Crippen LogP contribution is -2.25. The van der Waals surface area contributed by atoms with Crippen molar-refractivity contribution in [3.63, 3.8) is 0 Å². The van der Waals surface area contributed by atoms with Gasteiger partial charge < -0.3 is 10.1 Å². The predicted molar refractivity (Wildman–Crippen MR) is 100 cm³/mol. The van der Waals surface area contributed by atoms with E-state index in [0.717, 1.165) is 11.3 Å². The number of fused-ring (bicyclic) bond motifs is 1. The molecule has 3 aromatic rings. The minimum atomic E-state index is -0.288. The molecule has 0 aliphatic carbocycles. The van der Waals surface area contributed by atoms with Gasteiger partial charge in [-0.2, -0.15) is 0 Å². The standard InChI is InChI=1S/C20H19FN4O2/c1-2-25-19(26)15(13-4-3-8-22-10-13)11-23-20(25)24-12-16-14-7-9-27-18(14)6-5-17(16)21/h3-6,8,10-11H,2,7,9,12H2,1H3,(H,23,24). The Labute approximate surface area is 155 Å². The molecule has 4 rings (SSSR count). The van der Waals surface area contributed by atoms with Crippen molar-refractivity contribution in [2.45, 2.75) is 26.4 Å². The maximum atomic E-state index is 14.3. The molecule has 7 heteroatoms. The molecule has 0 saturated heterocycles. The van der Waals surface area contributed by atoms with Gasteiger partial charge in [0, 0.05) is 54.8 Å². The van der Waals surface area contributed by atoms with Crippen molar-refractivity contribution in [1.29, 1.82) is 0 Å². The summed E-state index contributed by atoms with van der Waals surface area (Å²) >= 11 is 0. The Bertz CT molecular complexity index is 1030. The zero-order valence-electron chi connectivity index (χ0n) is 14.9. The SMILES string of the molecule is CCn1c(NCc2c(F)ccc3c2CCO3)ncc(-c2cccnc2)c1=O. The van der Waals surface area contributed by atoms with Crippen LogP contribution in [0, 0.1) is 5.82 Å². The molecule has 1 N–H and O–H groups in total. The van der Waals surface area contributed by atoms with Gasteiger partial charge in [-0.15, -0.1) is 0 Å². The molecule has 1 aliphatic heterocycles. The summed E-state index contributed by atoms with van der Waals surface area (Å²) in [5, 5.41) is 3.11. The molecule has 138 valence electrons. The molecule has 0 fully saturated rings. The van der Waals surface area contributed by atoms with Crippen LogP contribution in [0.2, 0.25) is 0 Å². The van der Waals surface area contributed by atoms with Crippen molar-refractivity contribution < 1.29 is 9.13 Å². The van der Waals surface area contributed by atoms with Gasteiger partial charge in [-0.3, -0.25) is 14.3 Å². The second-order valence-corrected chi connectivity index (χ2v) is 6.24. The Morgan fingerprint density at radius 1 is 1.30 bits per heavy atom. The molecular weight excluding hydrogens is 347 g/mol. The quantitative estimate of drug-likeness (QED) is 0.752. The van der Waals surface area contributed by atoms with Gasteiger partial charge in [0.15, 0.2) is 0 Å². The van der Waals surface area contributed by atoms with Crippen molar-refractivity contribution in [2.24, 2.45) is 0 Å². The van der Waals surface area contributed by atoms with Crippen LogP contribution in [0.3, 0.4) is 0 Å². The van der Waals surface area contributed by atoms with E-state index in [-0.39, 0.29) is 17.9 Å². The molecule has 0 spiro atoms. The maximum absolute atomic E-state index is 14.3. The Balaban J connectivity index is 1.65. The molecular formula is C20H19FN4O2. The third-order valence-electron chi connectivity index (χ3n) is 4.70. The normalized spacial score (nSPS) is 12.5. The summed E-state index contributed by atoms with van der Waals surface area (Å²) in [4.78, 5) is 21.3. The van der Waals surface area contributed by atoms with Gasteiger partial charge in [0.25, 0.3) is 5.56 Å². The number of pyridine rings is 1. The van der Waals surface area contributed by atoms with Gasteiger partial charge in [-0.25, -0.2) is 9.37 Å². The number of anilines is 1. The topological polar surface area (TPSA) is 69.0 Å². The number of nitrogens with zero attached hydrogens (tertiary/aromatic N) is 3. The number of aromatic nitrogens is 3. The first-order valence-corrected chi connectivity index (χ1v) is 8.86. The first-order valence-electron chi connectivity index (χ1n) is 8.86. The molecule has 0 unspecified atom stereocenters. The van der Waals surface area contributed by atoms with E-state index in [4.69, 9.17) is 4.74 Å². The largest absolute Gasteiger partial charge is 0.493 e. The average molecular weight is 366 g/mol. The smallest absolute Gasteiger partial charge is 0.262 e. The highest BCUT2D eigenvalue weighted by molar-refractivity contribution is 5.61. The van der Waals surface area contributed by atoms with Gasteiger partial charge in [0.05, 0.1) is 12.2 Å². The number of rotatable bonds is 5. The number of benzene rings is 1. The fraction of sp³-hybridized carbons (Fsp3) is 0.250. The monoisotopic (exact) mass is 366 g/mol. The van der Waals surface area contributed by atoms with E-state index >= 15 is 0 Å². The molecule has 1 aliphatic rings. The van der Waals surface area contributed by atoms with E-state index in [1.165, 1.54) is 12.3 Å². The number of ether oxygens (including phenoxy) is 1. The lowest BCUT2D eigenvalue weighted by Gasteiger charge is -2.15. The van der Waals surface area contributed by atoms with Gasteiger partial charge in [0.2, 0.25) is 5.95 Å². The van der Waals surface area contributed by atoms with E-state index in [0.29, 0.717) is 42.2 Å². The van der Waals surface area contributed by atoms with Crippen molar-refractivity contribution >= 4 is 5.95 Å². The number of hydrogen-bond acceptors (Lipinski definition) is 5. The summed E-state index contributed by atoms with van der Waals surface area (Å²) in [5.41, 5.74) is 2.46. The second-order valence-electron chi connectivity index (χ2n) is 6.24. The van der Waals surface area contributed by atoms with Crippen LogP contribution >= 0.6 is 0 Å². The molecule has 2 aromatic heterocycles.